The summed E-state index contributed by atoms with van der Waals surface area (Å²) >= 11 is 1.66. The Labute approximate surface area is 157 Å². The number of hydrogen-bond donors (Lipinski definition) is 1. The third-order valence-corrected chi connectivity index (χ3v) is 4.92. The molecule has 1 aromatic heterocycles. The molecule has 6 heteroatoms. The lowest BCUT2D eigenvalue weighted by Crippen LogP contribution is -2.12. The fourth-order valence-corrected chi connectivity index (χ4v) is 3.29. The summed E-state index contributed by atoms with van der Waals surface area (Å²) in [6, 6.07) is 17.7. The van der Waals surface area contributed by atoms with E-state index in [1.165, 1.54) is 5.56 Å². The van der Waals surface area contributed by atoms with Gasteiger partial charge in [0, 0.05) is 24.7 Å². The molecular formula is C20H22N4OS. The number of thioether (sulfide) groups is 1. The zero-order chi connectivity index (χ0) is 18.4. The lowest BCUT2D eigenvalue weighted by Gasteiger charge is -2.07. The summed E-state index contributed by atoms with van der Waals surface area (Å²) in [6.07, 6.45) is 1.20. The molecule has 1 N–H and O–H groups in total. The van der Waals surface area contributed by atoms with Gasteiger partial charge in [0.1, 0.15) is 0 Å². The second-order valence-electron chi connectivity index (χ2n) is 5.91. The van der Waals surface area contributed by atoms with Crippen molar-refractivity contribution in [2.24, 2.45) is 7.05 Å². The normalized spacial score (nSPS) is 10.7. The lowest BCUT2D eigenvalue weighted by atomic mass is 10.1. The van der Waals surface area contributed by atoms with E-state index in [4.69, 9.17) is 0 Å². The van der Waals surface area contributed by atoms with Gasteiger partial charge in [-0.25, -0.2) is 0 Å². The van der Waals surface area contributed by atoms with Crippen molar-refractivity contribution in [3.05, 3.63) is 60.2 Å². The van der Waals surface area contributed by atoms with E-state index in [9.17, 15) is 4.79 Å². The summed E-state index contributed by atoms with van der Waals surface area (Å²) in [5, 5.41) is 12.3. The fourth-order valence-electron chi connectivity index (χ4n) is 2.65. The minimum Gasteiger partial charge on any atom is -0.326 e. The molecule has 0 fully saturated rings. The second kappa shape index (κ2) is 8.67. The highest BCUT2D eigenvalue weighted by Gasteiger charge is 2.11. The third kappa shape index (κ3) is 4.52. The number of benzene rings is 2. The maximum atomic E-state index is 12.1. The first kappa shape index (κ1) is 18.2. The average Bonchev–Trinajstić information content (AvgIpc) is 3.03. The van der Waals surface area contributed by atoms with E-state index in [0.717, 1.165) is 34.4 Å². The number of nitrogens with one attached hydrogen (secondary N) is 1. The molecule has 0 radical (unpaired) electrons. The molecule has 0 aliphatic heterocycles. The summed E-state index contributed by atoms with van der Waals surface area (Å²) in [7, 11) is 1.96. The minimum atomic E-state index is 0.0156. The molecule has 26 heavy (non-hydrogen) atoms. The summed E-state index contributed by atoms with van der Waals surface area (Å²) < 4.78 is 1.99. The lowest BCUT2D eigenvalue weighted by molar-refractivity contribution is -0.116. The molecule has 0 saturated heterocycles. The third-order valence-electron chi connectivity index (χ3n) is 4.02. The molecule has 0 aliphatic carbocycles. The van der Waals surface area contributed by atoms with Crippen LogP contribution in [-0.2, 0) is 18.3 Å². The number of anilines is 1. The molecule has 0 aliphatic rings. The zero-order valence-corrected chi connectivity index (χ0v) is 15.8. The Hall–Kier alpha value is -2.60. The van der Waals surface area contributed by atoms with Crippen molar-refractivity contribution in [2.45, 2.75) is 24.9 Å². The first-order valence-electron chi connectivity index (χ1n) is 8.63. The second-order valence-corrected chi connectivity index (χ2v) is 7.14. The minimum absolute atomic E-state index is 0.0156. The fraction of sp³-hybridized carbons (Fsp3) is 0.250. The van der Waals surface area contributed by atoms with Gasteiger partial charge in [-0.1, -0.05) is 49.0 Å². The van der Waals surface area contributed by atoms with Gasteiger partial charge >= 0.3 is 0 Å². The van der Waals surface area contributed by atoms with Crippen molar-refractivity contribution in [3.8, 4) is 11.4 Å². The molecule has 0 bridgehead atoms. The molecule has 0 saturated carbocycles. The van der Waals surface area contributed by atoms with Gasteiger partial charge in [-0.05, 0) is 42.0 Å². The average molecular weight is 366 g/mol. The van der Waals surface area contributed by atoms with Crippen LogP contribution in [0.2, 0.25) is 0 Å². The van der Waals surface area contributed by atoms with Crippen LogP contribution in [0.4, 0.5) is 5.69 Å². The van der Waals surface area contributed by atoms with Crippen molar-refractivity contribution < 1.29 is 4.79 Å². The maximum Gasteiger partial charge on any atom is 0.224 e. The van der Waals surface area contributed by atoms with Gasteiger partial charge in [-0.3, -0.25) is 4.79 Å². The highest BCUT2D eigenvalue weighted by Crippen LogP contribution is 2.23. The molecule has 3 rings (SSSR count). The van der Waals surface area contributed by atoms with Crippen LogP contribution in [-0.4, -0.2) is 26.4 Å². The van der Waals surface area contributed by atoms with Crippen LogP contribution in [0.1, 0.15) is 18.9 Å². The summed E-state index contributed by atoms with van der Waals surface area (Å²) in [6.45, 7) is 2.09. The largest absolute Gasteiger partial charge is 0.326 e. The number of amides is 1. The number of carbonyl (C=O) groups excluding carboxylic acids is 1. The Morgan fingerprint density at radius 3 is 2.50 bits per heavy atom. The van der Waals surface area contributed by atoms with Crippen LogP contribution in [0, 0.1) is 0 Å². The molecule has 3 aromatic rings. The Balaban J connectivity index is 1.60. The topological polar surface area (TPSA) is 59.8 Å². The quantitative estimate of drug-likeness (QED) is 0.638. The van der Waals surface area contributed by atoms with Gasteiger partial charge in [0.15, 0.2) is 11.0 Å². The Morgan fingerprint density at radius 1 is 1.08 bits per heavy atom. The SMILES string of the molecule is CCSc1nnc(-c2ccc(NC(=O)CCc3ccccc3)cc2)n1C. The number of aromatic nitrogens is 3. The number of rotatable bonds is 7. The maximum absolute atomic E-state index is 12.1. The molecule has 0 atom stereocenters. The van der Waals surface area contributed by atoms with Gasteiger partial charge in [0.05, 0.1) is 0 Å². The van der Waals surface area contributed by atoms with E-state index in [-0.39, 0.29) is 5.91 Å². The molecule has 0 spiro atoms. The summed E-state index contributed by atoms with van der Waals surface area (Å²) in [5.41, 5.74) is 2.93. The van der Waals surface area contributed by atoms with E-state index in [1.54, 1.807) is 11.8 Å². The van der Waals surface area contributed by atoms with Crippen molar-refractivity contribution >= 4 is 23.4 Å². The predicted octanol–water partition coefficient (Wildman–Crippen LogP) is 4.17. The van der Waals surface area contributed by atoms with Crippen LogP contribution in [0.25, 0.3) is 11.4 Å². The smallest absolute Gasteiger partial charge is 0.224 e. The van der Waals surface area contributed by atoms with Crippen molar-refractivity contribution in [1.29, 1.82) is 0 Å². The van der Waals surface area contributed by atoms with E-state index < -0.39 is 0 Å². The van der Waals surface area contributed by atoms with E-state index in [2.05, 4.69) is 22.4 Å². The number of aryl methyl sites for hydroxylation is 1. The highest BCUT2D eigenvalue weighted by molar-refractivity contribution is 7.99. The van der Waals surface area contributed by atoms with Crippen LogP contribution < -0.4 is 5.32 Å². The Kier molecular flexibility index (Phi) is 6.07. The number of hydrogen-bond acceptors (Lipinski definition) is 4. The molecule has 2 aromatic carbocycles. The molecular weight excluding hydrogens is 344 g/mol. The predicted molar refractivity (Wildman–Crippen MR) is 106 cm³/mol. The van der Waals surface area contributed by atoms with Crippen molar-refractivity contribution in [2.75, 3.05) is 11.1 Å². The van der Waals surface area contributed by atoms with Gasteiger partial charge in [0.25, 0.3) is 0 Å². The van der Waals surface area contributed by atoms with Gasteiger partial charge < -0.3 is 9.88 Å². The summed E-state index contributed by atoms with van der Waals surface area (Å²) in [5.74, 6) is 1.80. The highest BCUT2D eigenvalue weighted by atomic mass is 32.2. The Morgan fingerprint density at radius 2 is 1.81 bits per heavy atom. The van der Waals surface area contributed by atoms with Gasteiger partial charge in [-0.2, -0.15) is 0 Å². The standard InChI is InChI=1S/C20H22N4OS/c1-3-26-20-23-22-19(24(20)2)16-10-12-17(13-11-16)21-18(25)14-9-15-7-5-4-6-8-15/h4-8,10-13H,3,9,14H2,1-2H3,(H,21,25). The van der Waals surface area contributed by atoms with Gasteiger partial charge in [-0.15, -0.1) is 10.2 Å². The number of nitrogens with zero attached hydrogens (tertiary/aromatic N) is 3. The van der Waals surface area contributed by atoms with E-state index in [0.29, 0.717) is 6.42 Å². The van der Waals surface area contributed by atoms with Crippen LogP contribution in [0.5, 0.6) is 0 Å². The summed E-state index contributed by atoms with van der Waals surface area (Å²) in [4.78, 5) is 12.1. The monoisotopic (exact) mass is 366 g/mol. The van der Waals surface area contributed by atoms with E-state index >= 15 is 0 Å². The molecule has 1 heterocycles. The number of carbonyl (C=O) groups is 1. The molecule has 1 amide bonds. The van der Waals surface area contributed by atoms with Crippen LogP contribution >= 0.6 is 11.8 Å². The zero-order valence-electron chi connectivity index (χ0n) is 15.0. The Bertz CT molecular complexity index is 859. The van der Waals surface area contributed by atoms with Crippen LogP contribution in [0.3, 0.4) is 0 Å². The first-order chi connectivity index (χ1) is 12.7. The first-order valence-corrected chi connectivity index (χ1v) is 9.62. The van der Waals surface area contributed by atoms with Crippen molar-refractivity contribution in [1.82, 2.24) is 14.8 Å². The van der Waals surface area contributed by atoms with Crippen LogP contribution in [0.15, 0.2) is 59.8 Å². The van der Waals surface area contributed by atoms with E-state index in [1.807, 2.05) is 66.2 Å². The molecule has 134 valence electrons. The van der Waals surface area contributed by atoms with Gasteiger partial charge in [0.2, 0.25) is 5.91 Å². The van der Waals surface area contributed by atoms with Crippen molar-refractivity contribution in [3.63, 3.8) is 0 Å². The molecule has 0 unspecified atom stereocenters. The molecule has 5 nitrogen and oxygen atoms in total.